The summed E-state index contributed by atoms with van der Waals surface area (Å²) in [4.78, 5) is 11.8. The molecule has 122 valence electrons. The molecule has 1 heterocycles. The van der Waals surface area contributed by atoms with Crippen molar-refractivity contribution in [2.24, 2.45) is 7.05 Å². The van der Waals surface area contributed by atoms with Crippen molar-refractivity contribution in [1.82, 2.24) is 15.1 Å². The third-order valence-corrected chi connectivity index (χ3v) is 3.44. The number of carbonyl (C=O) groups is 1. The first-order valence-corrected chi connectivity index (χ1v) is 7.27. The first kappa shape index (κ1) is 16.9. The van der Waals surface area contributed by atoms with Crippen LogP contribution in [-0.2, 0) is 17.4 Å². The molecule has 0 aliphatic carbocycles. The Balaban J connectivity index is 1.81. The molecule has 0 fully saturated rings. The van der Waals surface area contributed by atoms with Gasteiger partial charge >= 0.3 is 0 Å². The van der Waals surface area contributed by atoms with Gasteiger partial charge in [0.25, 0.3) is 0 Å². The van der Waals surface area contributed by atoms with Crippen LogP contribution in [0.1, 0.15) is 24.5 Å². The molecule has 0 radical (unpaired) electrons. The highest BCUT2D eigenvalue weighted by atomic mass is 19.1. The van der Waals surface area contributed by atoms with Crippen molar-refractivity contribution in [3.05, 3.63) is 59.7 Å². The molecule has 0 spiro atoms. The van der Waals surface area contributed by atoms with Crippen molar-refractivity contribution in [3.8, 4) is 0 Å². The van der Waals surface area contributed by atoms with E-state index < -0.39 is 5.60 Å². The minimum Gasteiger partial charge on any atom is -0.383 e. The van der Waals surface area contributed by atoms with Gasteiger partial charge in [0.05, 0.1) is 12.7 Å². The first-order chi connectivity index (χ1) is 10.9. The van der Waals surface area contributed by atoms with Gasteiger partial charge in [0.2, 0.25) is 5.91 Å². The number of carbonyl (C=O) groups excluding carboxylic acids is 1. The van der Waals surface area contributed by atoms with Gasteiger partial charge in [0.1, 0.15) is 11.4 Å². The van der Waals surface area contributed by atoms with Gasteiger partial charge in [-0.3, -0.25) is 9.48 Å². The average Bonchev–Trinajstić information content (AvgIpc) is 2.95. The largest absolute Gasteiger partial charge is 0.383 e. The summed E-state index contributed by atoms with van der Waals surface area (Å²) < 4.78 is 14.4. The highest BCUT2D eigenvalue weighted by molar-refractivity contribution is 5.78. The molecule has 1 unspecified atom stereocenters. The summed E-state index contributed by atoms with van der Waals surface area (Å²) in [5.41, 5.74) is 0.286. The number of nitrogens with one attached hydrogen (secondary N) is 1. The number of rotatable bonds is 6. The highest BCUT2D eigenvalue weighted by Crippen LogP contribution is 2.18. The fraction of sp³-hybridized carbons (Fsp3) is 0.294. The van der Waals surface area contributed by atoms with Crippen LogP contribution in [0.4, 0.5) is 4.39 Å². The zero-order valence-electron chi connectivity index (χ0n) is 13.2. The second kappa shape index (κ2) is 7.19. The molecule has 0 saturated carbocycles. The lowest BCUT2D eigenvalue weighted by Crippen LogP contribution is -2.38. The van der Waals surface area contributed by atoms with Crippen LogP contribution in [0.15, 0.2) is 42.7 Å². The Hall–Kier alpha value is -2.47. The number of nitrogens with zero attached hydrogens (tertiary/aromatic N) is 2. The molecule has 1 aromatic carbocycles. The van der Waals surface area contributed by atoms with E-state index in [2.05, 4.69) is 10.4 Å². The summed E-state index contributed by atoms with van der Waals surface area (Å²) in [5.74, 6) is -0.495. The van der Waals surface area contributed by atoms with Crippen LogP contribution in [0, 0.1) is 5.82 Å². The van der Waals surface area contributed by atoms with Crippen molar-refractivity contribution < 1.29 is 14.3 Å². The molecule has 2 aromatic rings. The van der Waals surface area contributed by atoms with Gasteiger partial charge in [-0.15, -0.1) is 0 Å². The van der Waals surface area contributed by atoms with Gasteiger partial charge in [-0.1, -0.05) is 24.3 Å². The maximum atomic E-state index is 12.8. The Labute approximate surface area is 134 Å². The second-order valence-corrected chi connectivity index (χ2v) is 5.61. The molecule has 1 aromatic heterocycles. The lowest BCUT2D eigenvalue weighted by molar-refractivity contribution is -0.121. The number of hydrogen-bond acceptors (Lipinski definition) is 3. The Morgan fingerprint density at radius 1 is 1.43 bits per heavy atom. The Morgan fingerprint density at radius 3 is 2.74 bits per heavy atom. The monoisotopic (exact) mass is 317 g/mol. The Bertz CT molecular complexity index is 690. The number of halogens is 1. The minimum atomic E-state index is -1.18. The van der Waals surface area contributed by atoms with Crippen LogP contribution in [0.25, 0.3) is 6.08 Å². The lowest BCUT2D eigenvalue weighted by Gasteiger charge is -2.22. The number of aromatic nitrogens is 2. The third-order valence-electron chi connectivity index (χ3n) is 3.44. The molecule has 0 bridgehead atoms. The van der Waals surface area contributed by atoms with E-state index in [1.807, 2.05) is 0 Å². The minimum absolute atomic E-state index is 0.0991. The van der Waals surface area contributed by atoms with E-state index in [0.29, 0.717) is 5.56 Å². The zero-order chi connectivity index (χ0) is 16.9. The summed E-state index contributed by atoms with van der Waals surface area (Å²) >= 11 is 0. The van der Waals surface area contributed by atoms with Crippen LogP contribution < -0.4 is 5.32 Å². The maximum absolute atomic E-state index is 12.8. The van der Waals surface area contributed by atoms with Crippen LogP contribution in [0.3, 0.4) is 0 Å². The van der Waals surface area contributed by atoms with Crippen LogP contribution >= 0.6 is 0 Å². The molecule has 0 aliphatic rings. The van der Waals surface area contributed by atoms with E-state index in [1.165, 1.54) is 12.1 Å². The number of aryl methyl sites for hydroxylation is 1. The highest BCUT2D eigenvalue weighted by Gasteiger charge is 2.25. The van der Waals surface area contributed by atoms with Crippen LogP contribution in [0.2, 0.25) is 0 Å². The van der Waals surface area contributed by atoms with Gasteiger partial charge < -0.3 is 10.4 Å². The fourth-order valence-electron chi connectivity index (χ4n) is 2.02. The number of benzene rings is 1. The Morgan fingerprint density at radius 2 is 2.13 bits per heavy atom. The molecular formula is C17H20FN3O2. The van der Waals surface area contributed by atoms with Gasteiger partial charge in [-0.2, -0.15) is 5.10 Å². The molecule has 2 rings (SSSR count). The summed E-state index contributed by atoms with van der Waals surface area (Å²) in [5, 5.41) is 17.1. The van der Waals surface area contributed by atoms with Crippen LogP contribution in [0.5, 0.6) is 0 Å². The van der Waals surface area contributed by atoms with E-state index in [4.69, 9.17) is 0 Å². The van der Waals surface area contributed by atoms with E-state index in [1.54, 1.807) is 55.3 Å². The predicted molar refractivity (Wildman–Crippen MR) is 85.8 cm³/mol. The predicted octanol–water partition coefficient (Wildman–Crippen LogP) is 1.99. The van der Waals surface area contributed by atoms with E-state index in [-0.39, 0.29) is 24.7 Å². The maximum Gasteiger partial charge on any atom is 0.223 e. The van der Waals surface area contributed by atoms with E-state index in [0.717, 1.165) is 5.56 Å². The molecule has 23 heavy (non-hydrogen) atoms. The quantitative estimate of drug-likeness (QED) is 0.856. The normalized spacial score (nSPS) is 13.9. The van der Waals surface area contributed by atoms with Crippen LogP contribution in [-0.4, -0.2) is 27.3 Å². The number of amides is 1. The van der Waals surface area contributed by atoms with Crippen molar-refractivity contribution in [2.75, 3.05) is 6.54 Å². The second-order valence-electron chi connectivity index (χ2n) is 5.61. The summed E-state index contributed by atoms with van der Waals surface area (Å²) in [7, 11) is 1.76. The van der Waals surface area contributed by atoms with Crippen molar-refractivity contribution in [1.29, 1.82) is 0 Å². The Kier molecular flexibility index (Phi) is 5.28. The number of aliphatic hydroxyl groups is 1. The molecule has 1 atom stereocenters. The average molecular weight is 317 g/mol. The third kappa shape index (κ3) is 5.03. The summed E-state index contributed by atoms with van der Waals surface area (Å²) in [6, 6.07) is 6.00. The standard InChI is InChI=1S/C17H20FN3O2/c1-17(23,14-10-20-21(2)11-14)12-19-16(22)5-3-4-13-6-8-15(18)9-7-13/h3-4,6-11,23H,5,12H2,1-2H3,(H,19,22). The van der Waals surface area contributed by atoms with Gasteiger partial charge in [0, 0.05) is 25.2 Å². The van der Waals surface area contributed by atoms with E-state index in [9.17, 15) is 14.3 Å². The molecule has 1 amide bonds. The first-order valence-electron chi connectivity index (χ1n) is 7.27. The van der Waals surface area contributed by atoms with Crippen molar-refractivity contribution >= 4 is 12.0 Å². The molecule has 0 saturated heterocycles. The van der Waals surface area contributed by atoms with Gasteiger partial charge in [0.15, 0.2) is 0 Å². The smallest absolute Gasteiger partial charge is 0.223 e. The molecule has 6 heteroatoms. The molecular weight excluding hydrogens is 297 g/mol. The van der Waals surface area contributed by atoms with Crippen molar-refractivity contribution in [2.45, 2.75) is 18.9 Å². The lowest BCUT2D eigenvalue weighted by atomic mass is 10.00. The van der Waals surface area contributed by atoms with E-state index >= 15 is 0 Å². The van der Waals surface area contributed by atoms with Gasteiger partial charge in [-0.25, -0.2) is 4.39 Å². The number of hydrogen-bond donors (Lipinski definition) is 2. The summed E-state index contributed by atoms with van der Waals surface area (Å²) in [6.07, 6.45) is 6.90. The molecule has 0 aliphatic heterocycles. The van der Waals surface area contributed by atoms with Gasteiger partial charge in [-0.05, 0) is 24.6 Å². The zero-order valence-corrected chi connectivity index (χ0v) is 13.2. The SMILES string of the molecule is Cn1cc(C(C)(O)CNC(=O)CC=Cc2ccc(F)cc2)cn1. The molecule has 2 N–H and O–H groups in total. The molecule has 5 nitrogen and oxygen atoms in total. The topological polar surface area (TPSA) is 67.2 Å². The fourth-order valence-corrected chi connectivity index (χ4v) is 2.02. The summed E-state index contributed by atoms with van der Waals surface area (Å²) in [6.45, 7) is 1.72. The van der Waals surface area contributed by atoms with Crippen molar-refractivity contribution in [3.63, 3.8) is 0 Å².